The molecule has 0 aromatic heterocycles. The molecular formula is C14H28N2O3. The Morgan fingerprint density at radius 1 is 1.16 bits per heavy atom. The number of hydrogen-bond acceptors (Lipinski definition) is 3. The van der Waals surface area contributed by atoms with E-state index in [2.05, 4.69) is 12.2 Å². The molecule has 2 N–H and O–H groups in total. The van der Waals surface area contributed by atoms with E-state index in [0.29, 0.717) is 25.3 Å². The Balaban J connectivity index is 3.78. The molecule has 1 amide bonds. The second-order valence-corrected chi connectivity index (χ2v) is 5.28. The fourth-order valence-electron chi connectivity index (χ4n) is 2.00. The highest BCUT2D eigenvalue weighted by Crippen LogP contribution is 2.17. The SMILES string of the molecule is CCCC(CCNC(=O)CCN(C)C)CCC(=O)O. The highest BCUT2D eigenvalue weighted by molar-refractivity contribution is 5.75. The van der Waals surface area contributed by atoms with Gasteiger partial charge in [-0.1, -0.05) is 19.8 Å². The Morgan fingerprint density at radius 3 is 2.37 bits per heavy atom. The summed E-state index contributed by atoms with van der Waals surface area (Å²) in [4.78, 5) is 24.1. The lowest BCUT2D eigenvalue weighted by atomic mass is 9.94. The monoisotopic (exact) mass is 272 g/mol. The molecule has 0 aliphatic rings. The molecule has 0 rings (SSSR count). The number of carbonyl (C=O) groups excluding carboxylic acids is 1. The number of carboxylic acids is 1. The van der Waals surface area contributed by atoms with E-state index in [0.717, 1.165) is 25.8 Å². The Kier molecular flexibility index (Phi) is 10.2. The van der Waals surface area contributed by atoms with Crippen LogP contribution in [0.25, 0.3) is 0 Å². The molecule has 0 aromatic carbocycles. The van der Waals surface area contributed by atoms with Crippen LogP contribution in [0.1, 0.15) is 45.4 Å². The van der Waals surface area contributed by atoms with Crippen LogP contribution in [-0.2, 0) is 9.59 Å². The zero-order valence-electron chi connectivity index (χ0n) is 12.4. The third kappa shape index (κ3) is 11.7. The molecule has 112 valence electrons. The highest BCUT2D eigenvalue weighted by Gasteiger charge is 2.10. The largest absolute Gasteiger partial charge is 0.481 e. The van der Waals surface area contributed by atoms with Crippen molar-refractivity contribution in [1.82, 2.24) is 10.2 Å². The van der Waals surface area contributed by atoms with Crippen molar-refractivity contribution in [3.05, 3.63) is 0 Å². The van der Waals surface area contributed by atoms with E-state index < -0.39 is 5.97 Å². The van der Waals surface area contributed by atoms with Gasteiger partial charge in [-0.2, -0.15) is 0 Å². The topological polar surface area (TPSA) is 69.6 Å². The number of rotatable bonds is 11. The van der Waals surface area contributed by atoms with Crippen molar-refractivity contribution in [2.45, 2.75) is 45.4 Å². The summed E-state index contributed by atoms with van der Waals surface area (Å²) in [5.41, 5.74) is 0. The summed E-state index contributed by atoms with van der Waals surface area (Å²) in [6.07, 6.45) is 4.39. The first-order valence-electron chi connectivity index (χ1n) is 7.09. The summed E-state index contributed by atoms with van der Waals surface area (Å²) >= 11 is 0. The fourth-order valence-corrected chi connectivity index (χ4v) is 2.00. The average molecular weight is 272 g/mol. The summed E-state index contributed by atoms with van der Waals surface area (Å²) in [5.74, 6) is -0.270. The fraction of sp³-hybridized carbons (Fsp3) is 0.857. The van der Waals surface area contributed by atoms with Crippen molar-refractivity contribution in [3.63, 3.8) is 0 Å². The second kappa shape index (κ2) is 10.8. The van der Waals surface area contributed by atoms with Crippen LogP contribution in [0.15, 0.2) is 0 Å². The average Bonchev–Trinajstić information content (AvgIpc) is 2.33. The van der Waals surface area contributed by atoms with Crippen molar-refractivity contribution in [2.75, 3.05) is 27.2 Å². The molecule has 0 aliphatic carbocycles. The van der Waals surface area contributed by atoms with Gasteiger partial charge in [0.15, 0.2) is 0 Å². The molecular weight excluding hydrogens is 244 g/mol. The predicted molar refractivity (Wildman–Crippen MR) is 76.1 cm³/mol. The van der Waals surface area contributed by atoms with Gasteiger partial charge in [0, 0.05) is 25.9 Å². The maximum Gasteiger partial charge on any atom is 0.303 e. The van der Waals surface area contributed by atoms with Gasteiger partial charge in [-0.3, -0.25) is 9.59 Å². The maximum absolute atomic E-state index is 11.5. The Bertz CT molecular complexity index is 267. The van der Waals surface area contributed by atoms with Crippen molar-refractivity contribution in [3.8, 4) is 0 Å². The zero-order chi connectivity index (χ0) is 14.7. The lowest BCUT2D eigenvalue weighted by Crippen LogP contribution is -2.29. The van der Waals surface area contributed by atoms with Gasteiger partial charge in [0.2, 0.25) is 5.91 Å². The summed E-state index contributed by atoms with van der Waals surface area (Å²) in [6.45, 7) is 3.50. The Morgan fingerprint density at radius 2 is 1.84 bits per heavy atom. The molecule has 1 unspecified atom stereocenters. The third-order valence-corrected chi connectivity index (χ3v) is 3.12. The minimum absolute atomic E-state index is 0.0715. The summed E-state index contributed by atoms with van der Waals surface area (Å²) in [5, 5.41) is 11.6. The molecule has 0 saturated carbocycles. The number of nitrogens with zero attached hydrogens (tertiary/aromatic N) is 1. The highest BCUT2D eigenvalue weighted by atomic mass is 16.4. The minimum atomic E-state index is -0.740. The smallest absolute Gasteiger partial charge is 0.303 e. The molecule has 5 heteroatoms. The number of nitrogens with one attached hydrogen (secondary N) is 1. The molecule has 0 heterocycles. The zero-order valence-corrected chi connectivity index (χ0v) is 12.4. The van der Waals surface area contributed by atoms with E-state index in [9.17, 15) is 9.59 Å². The van der Waals surface area contributed by atoms with Crippen LogP contribution in [0.4, 0.5) is 0 Å². The molecule has 5 nitrogen and oxygen atoms in total. The molecule has 19 heavy (non-hydrogen) atoms. The van der Waals surface area contributed by atoms with Crippen LogP contribution >= 0.6 is 0 Å². The van der Waals surface area contributed by atoms with Gasteiger partial charge in [-0.25, -0.2) is 0 Å². The number of hydrogen-bond donors (Lipinski definition) is 2. The van der Waals surface area contributed by atoms with Crippen molar-refractivity contribution >= 4 is 11.9 Å². The lowest BCUT2D eigenvalue weighted by molar-refractivity contribution is -0.137. The molecule has 0 fully saturated rings. The molecule has 0 bridgehead atoms. The van der Waals surface area contributed by atoms with Crippen LogP contribution in [0, 0.1) is 5.92 Å². The molecule has 0 aliphatic heterocycles. The van der Waals surface area contributed by atoms with E-state index in [1.807, 2.05) is 19.0 Å². The first kappa shape index (κ1) is 17.9. The summed E-state index contributed by atoms with van der Waals surface area (Å²) in [7, 11) is 3.88. The van der Waals surface area contributed by atoms with Crippen molar-refractivity contribution in [2.24, 2.45) is 5.92 Å². The molecule has 1 atom stereocenters. The molecule has 0 spiro atoms. The van der Waals surface area contributed by atoms with E-state index >= 15 is 0 Å². The van der Waals surface area contributed by atoms with E-state index in [4.69, 9.17) is 5.11 Å². The standard InChI is InChI=1S/C14H28N2O3/c1-4-5-12(6-7-14(18)19)8-10-15-13(17)9-11-16(2)3/h12H,4-11H2,1-3H3,(H,15,17)(H,18,19). The van der Waals surface area contributed by atoms with Crippen LogP contribution < -0.4 is 5.32 Å². The van der Waals surface area contributed by atoms with Gasteiger partial charge in [0.1, 0.15) is 0 Å². The number of carbonyl (C=O) groups is 2. The minimum Gasteiger partial charge on any atom is -0.481 e. The van der Waals surface area contributed by atoms with Gasteiger partial charge in [0.05, 0.1) is 0 Å². The Labute approximate surface area is 116 Å². The maximum atomic E-state index is 11.5. The van der Waals surface area contributed by atoms with Gasteiger partial charge in [-0.05, 0) is 32.9 Å². The third-order valence-electron chi connectivity index (χ3n) is 3.12. The van der Waals surface area contributed by atoms with E-state index in [-0.39, 0.29) is 12.3 Å². The number of amides is 1. The van der Waals surface area contributed by atoms with Gasteiger partial charge in [-0.15, -0.1) is 0 Å². The van der Waals surface area contributed by atoms with E-state index in [1.165, 1.54) is 0 Å². The molecule has 0 radical (unpaired) electrons. The van der Waals surface area contributed by atoms with Crippen LogP contribution in [0.2, 0.25) is 0 Å². The second-order valence-electron chi connectivity index (χ2n) is 5.28. The number of aliphatic carboxylic acids is 1. The first-order chi connectivity index (χ1) is 8.95. The van der Waals surface area contributed by atoms with Crippen LogP contribution in [0.5, 0.6) is 0 Å². The van der Waals surface area contributed by atoms with Crippen LogP contribution in [-0.4, -0.2) is 49.1 Å². The quantitative estimate of drug-likeness (QED) is 0.601. The van der Waals surface area contributed by atoms with Gasteiger partial charge in [0.25, 0.3) is 0 Å². The summed E-state index contributed by atoms with van der Waals surface area (Å²) < 4.78 is 0. The van der Waals surface area contributed by atoms with E-state index in [1.54, 1.807) is 0 Å². The van der Waals surface area contributed by atoms with Gasteiger partial charge < -0.3 is 15.3 Å². The van der Waals surface area contributed by atoms with Crippen LogP contribution in [0.3, 0.4) is 0 Å². The lowest BCUT2D eigenvalue weighted by Gasteiger charge is -2.15. The molecule has 0 saturated heterocycles. The number of carboxylic acid groups (broad SMARTS) is 1. The Hall–Kier alpha value is -1.10. The normalized spacial score (nSPS) is 12.4. The predicted octanol–water partition coefficient (Wildman–Crippen LogP) is 1.73. The van der Waals surface area contributed by atoms with Crippen molar-refractivity contribution < 1.29 is 14.7 Å². The summed E-state index contributed by atoms with van der Waals surface area (Å²) in [6, 6.07) is 0. The van der Waals surface area contributed by atoms with Crippen molar-refractivity contribution in [1.29, 1.82) is 0 Å². The first-order valence-corrected chi connectivity index (χ1v) is 7.09. The van der Waals surface area contributed by atoms with Gasteiger partial charge >= 0.3 is 5.97 Å². The molecule has 0 aromatic rings.